The van der Waals surface area contributed by atoms with Crippen LogP contribution < -0.4 is 11.1 Å². The first-order valence-electron chi connectivity index (χ1n) is 7.20. The molecule has 6 nitrogen and oxygen atoms in total. The lowest BCUT2D eigenvalue weighted by Crippen LogP contribution is -2.29. The molecule has 0 aliphatic carbocycles. The molecule has 112 valence electrons. The lowest BCUT2D eigenvalue weighted by molar-refractivity contribution is 0.0933. The zero-order chi connectivity index (χ0) is 15.2. The maximum atomic E-state index is 12.4. The van der Waals surface area contributed by atoms with Crippen molar-refractivity contribution in [2.45, 2.75) is 39.2 Å². The molecule has 6 heteroatoms. The largest absolute Gasteiger partial charge is 0.384 e. The molecular weight excluding hydrogens is 266 g/mol. The number of nitrogens with one attached hydrogen (secondary N) is 2. The summed E-state index contributed by atoms with van der Waals surface area (Å²) in [5.41, 5.74) is 7.16. The minimum Gasteiger partial charge on any atom is -0.384 e. The van der Waals surface area contributed by atoms with Gasteiger partial charge in [0.15, 0.2) is 0 Å². The second-order valence-electron chi connectivity index (χ2n) is 4.93. The highest BCUT2D eigenvalue weighted by Crippen LogP contribution is 2.14. The number of aryl methyl sites for hydroxylation is 1. The van der Waals surface area contributed by atoms with Crippen molar-refractivity contribution in [3.05, 3.63) is 41.6 Å². The van der Waals surface area contributed by atoms with Crippen LogP contribution in [0, 0.1) is 0 Å². The van der Waals surface area contributed by atoms with Crippen LogP contribution >= 0.6 is 0 Å². The Hall–Kier alpha value is -2.37. The molecule has 0 spiro atoms. The zero-order valence-corrected chi connectivity index (χ0v) is 12.4. The topological polar surface area (TPSA) is 96.7 Å². The Labute approximate surface area is 124 Å². The average molecular weight is 287 g/mol. The lowest BCUT2D eigenvalue weighted by Gasteiger charge is -2.15. The van der Waals surface area contributed by atoms with Crippen LogP contribution in [-0.2, 0) is 6.42 Å². The van der Waals surface area contributed by atoms with Crippen molar-refractivity contribution < 1.29 is 4.79 Å². The molecule has 0 saturated heterocycles. The molecule has 21 heavy (non-hydrogen) atoms. The van der Waals surface area contributed by atoms with E-state index in [9.17, 15) is 4.79 Å². The Bertz CT molecular complexity index is 594. The van der Waals surface area contributed by atoms with Crippen LogP contribution in [0.3, 0.4) is 0 Å². The van der Waals surface area contributed by atoms with Crippen molar-refractivity contribution in [2.24, 2.45) is 0 Å². The van der Waals surface area contributed by atoms with E-state index in [0.717, 1.165) is 30.8 Å². The summed E-state index contributed by atoms with van der Waals surface area (Å²) < 4.78 is 0. The number of aromatic nitrogens is 3. The van der Waals surface area contributed by atoms with Crippen molar-refractivity contribution in [2.75, 3.05) is 5.73 Å². The normalized spacial score (nSPS) is 12.1. The molecule has 1 unspecified atom stereocenters. The van der Waals surface area contributed by atoms with E-state index in [2.05, 4.69) is 27.2 Å². The molecule has 0 bridgehead atoms. The summed E-state index contributed by atoms with van der Waals surface area (Å²) in [6.07, 6.45) is 5.94. The average Bonchev–Trinajstić information content (AvgIpc) is 2.98. The van der Waals surface area contributed by atoms with Gasteiger partial charge in [-0.05, 0) is 25.0 Å². The smallest absolute Gasteiger partial charge is 0.252 e. The van der Waals surface area contributed by atoms with Crippen molar-refractivity contribution >= 4 is 11.7 Å². The highest BCUT2D eigenvalue weighted by molar-refractivity contribution is 5.95. The number of rotatable bonds is 6. The summed E-state index contributed by atoms with van der Waals surface area (Å²) in [6, 6.07) is 3.25. The fraction of sp³-hybridized carbons (Fsp3) is 0.400. The van der Waals surface area contributed by atoms with Crippen molar-refractivity contribution in [1.29, 1.82) is 0 Å². The van der Waals surface area contributed by atoms with Gasteiger partial charge < -0.3 is 16.0 Å². The summed E-state index contributed by atoms with van der Waals surface area (Å²) in [6.45, 7) is 4.06. The fourth-order valence-electron chi connectivity index (χ4n) is 2.20. The van der Waals surface area contributed by atoms with Crippen LogP contribution in [0.5, 0.6) is 0 Å². The summed E-state index contributed by atoms with van der Waals surface area (Å²) in [4.78, 5) is 23.8. The maximum Gasteiger partial charge on any atom is 0.252 e. The molecule has 1 atom stereocenters. The highest BCUT2D eigenvalue weighted by atomic mass is 16.1. The van der Waals surface area contributed by atoms with Crippen molar-refractivity contribution in [3.63, 3.8) is 0 Å². The molecule has 4 N–H and O–H groups in total. The molecule has 0 aliphatic rings. The molecule has 2 aromatic heterocycles. The van der Waals surface area contributed by atoms with Crippen molar-refractivity contribution in [3.8, 4) is 0 Å². The molecule has 0 saturated carbocycles. The molecule has 2 rings (SSSR count). The number of carbonyl (C=O) groups is 1. The van der Waals surface area contributed by atoms with E-state index in [-0.39, 0.29) is 11.9 Å². The number of hydrogen-bond acceptors (Lipinski definition) is 4. The second kappa shape index (κ2) is 6.88. The number of aromatic amines is 1. The van der Waals surface area contributed by atoms with E-state index in [0.29, 0.717) is 11.4 Å². The second-order valence-corrected chi connectivity index (χ2v) is 4.93. The van der Waals surface area contributed by atoms with Gasteiger partial charge in [0, 0.05) is 23.7 Å². The van der Waals surface area contributed by atoms with Crippen LogP contribution in [0.15, 0.2) is 24.5 Å². The Morgan fingerprint density at radius 2 is 2.24 bits per heavy atom. The Kier molecular flexibility index (Phi) is 4.92. The molecular formula is C15H21N5O. The van der Waals surface area contributed by atoms with Gasteiger partial charge in [0.2, 0.25) is 0 Å². The van der Waals surface area contributed by atoms with Gasteiger partial charge in [-0.15, -0.1) is 0 Å². The summed E-state index contributed by atoms with van der Waals surface area (Å²) >= 11 is 0. The molecule has 0 aromatic carbocycles. The van der Waals surface area contributed by atoms with E-state index in [1.165, 1.54) is 0 Å². The number of nitrogens with zero attached hydrogens (tertiary/aromatic N) is 2. The maximum absolute atomic E-state index is 12.4. The van der Waals surface area contributed by atoms with Crippen molar-refractivity contribution in [1.82, 2.24) is 20.3 Å². The zero-order valence-electron chi connectivity index (χ0n) is 12.4. The van der Waals surface area contributed by atoms with Gasteiger partial charge in [-0.1, -0.05) is 20.3 Å². The fourth-order valence-corrected chi connectivity index (χ4v) is 2.20. The standard InChI is InChI=1S/C15H21N5O/c1-3-5-11-8-10(9-13(16)19-11)15(21)20-12(4-2)14-17-6-7-18-14/h6-9,12H,3-5H2,1-2H3,(H2,16,19)(H,17,18)(H,20,21). The highest BCUT2D eigenvalue weighted by Gasteiger charge is 2.16. The summed E-state index contributed by atoms with van der Waals surface area (Å²) in [5.74, 6) is 0.962. The first kappa shape index (κ1) is 15.0. The number of imidazole rings is 1. The van der Waals surface area contributed by atoms with Gasteiger partial charge in [-0.3, -0.25) is 4.79 Å². The van der Waals surface area contributed by atoms with Crippen LogP contribution in [0.1, 0.15) is 54.6 Å². The van der Waals surface area contributed by atoms with Gasteiger partial charge in [0.1, 0.15) is 11.6 Å². The Morgan fingerprint density at radius 3 is 2.86 bits per heavy atom. The molecule has 0 radical (unpaired) electrons. The Morgan fingerprint density at radius 1 is 1.43 bits per heavy atom. The number of hydrogen-bond donors (Lipinski definition) is 3. The third kappa shape index (κ3) is 3.81. The van der Waals surface area contributed by atoms with Crippen LogP contribution in [0.25, 0.3) is 0 Å². The molecule has 0 fully saturated rings. The van der Waals surface area contributed by atoms with Gasteiger partial charge in [0.25, 0.3) is 5.91 Å². The van der Waals surface area contributed by atoms with Gasteiger partial charge in [-0.2, -0.15) is 0 Å². The van der Waals surface area contributed by atoms with Gasteiger partial charge in [-0.25, -0.2) is 9.97 Å². The predicted molar refractivity (Wildman–Crippen MR) is 81.7 cm³/mol. The number of H-pyrrole nitrogens is 1. The predicted octanol–water partition coefficient (Wildman–Crippen LogP) is 2.22. The number of amides is 1. The summed E-state index contributed by atoms with van der Waals surface area (Å²) in [7, 11) is 0. The number of nitrogens with two attached hydrogens (primary N) is 1. The first-order chi connectivity index (χ1) is 10.1. The van der Waals surface area contributed by atoms with Gasteiger partial charge >= 0.3 is 0 Å². The third-order valence-electron chi connectivity index (χ3n) is 3.23. The first-order valence-corrected chi connectivity index (χ1v) is 7.20. The summed E-state index contributed by atoms with van der Waals surface area (Å²) in [5, 5.41) is 2.97. The van der Waals surface area contributed by atoms with Crippen LogP contribution in [0.2, 0.25) is 0 Å². The van der Waals surface area contributed by atoms with E-state index < -0.39 is 0 Å². The number of carbonyl (C=O) groups excluding carboxylic acids is 1. The minimum absolute atomic E-state index is 0.142. The quantitative estimate of drug-likeness (QED) is 0.759. The SMILES string of the molecule is CCCc1cc(C(=O)NC(CC)c2ncc[nH]2)cc(N)n1. The van der Waals surface area contributed by atoms with Crippen LogP contribution in [0.4, 0.5) is 5.82 Å². The van der Waals surface area contributed by atoms with E-state index in [1.54, 1.807) is 24.5 Å². The molecule has 2 heterocycles. The number of nitrogen functional groups attached to an aromatic ring is 1. The molecule has 0 aliphatic heterocycles. The van der Waals surface area contributed by atoms with E-state index in [4.69, 9.17) is 5.73 Å². The lowest BCUT2D eigenvalue weighted by atomic mass is 10.1. The number of pyridine rings is 1. The third-order valence-corrected chi connectivity index (χ3v) is 3.23. The molecule has 1 amide bonds. The molecule has 2 aromatic rings. The van der Waals surface area contributed by atoms with Gasteiger partial charge in [0.05, 0.1) is 6.04 Å². The Balaban J connectivity index is 2.15. The van der Waals surface area contributed by atoms with Crippen LogP contribution in [-0.4, -0.2) is 20.9 Å². The van der Waals surface area contributed by atoms with E-state index in [1.807, 2.05) is 6.92 Å². The van der Waals surface area contributed by atoms with E-state index >= 15 is 0 Å². The minimum atomic E-state index is -0.162. The monoisotopic (exact) mass is 287 g/mol. The number of anilines is 1.